The van der Waals surface area contributed by atoms with Crippen molar-refractivity contribution in [3.63, 3.8) is 0 Å². The number of halogens is 4. The smallest absolute Gasteiger partial charge is 0.251 e. The van der Waals surface area contributed by atoms with Gasteiger partial charge in [0.25, 0.3) is 5.91 Å². The predicted octanol–water partition coefficient (Wildman–Crippen LogP) is 10.7. The minimum absolute atomic E-state index is 0.0485. The maximum Gasteiger partial charge on any atom is 0.251 e. The molecule has 0 aliphatic heterocycles. The Morgan fingerprint density at radius 2 is 1.12 bits per heavy atom. The molecule has 0 aliphatic carbocycles. The van der Waals surface area contributed by atoms with Gasteiger partial charge in [-0.05, 0) is 66.1 Å². The van der Waals surface area contributed by atoms with Crippen molar-refractivity contribution in [2.75, 3.05) is 19.8 Å². The molecule has 3 aromatic carbocycles. The normalized spacial score (nSPS) is 11.1. The first-order valence-electron chi connectivity index (χ1n) is 14.4. The van der Waals surface area contributed by atoms with Gasteiger partial charge in [0.2, 0.25) is 0 Å². The topological polar surface area (TPSA) is 58.6 Å². The van der Waals surface area contributed by atoms with Crippen molar-refractivity contribution in [2.24, 2.45) is 0 Å². The lowest BCUT2D eigenvalue weighted by Crippen LogP contribution is -2.24. The molecule has 222 valence electrons. The van der Waals surface area contributed by atoms with Gasteiger partial charge in [-0.25, -0.2) is 0 Å². The van der Waals surface area contributed by atoms with E-state index in [1.165, 1.54) is 51.4 Å². The zero-order valence-corrected chi connectivity index (χ0v) is 26.6. The number of rotatable bonds is 17. The molecular formula is C33H39Cl4NO3. The van der Waals surface area contributed by atoms with Crippen molar-refractivity contribution in [3.05, 3.63) is 74.2 Å². The highest BCUT2D eigenvalue weighted by atomic mass is 35.5. The van der Waals surface area contributed by atoms with Crippen molar-refractivity contribution >= 4 is 52.3 Å². The molecule has 8 heteroatoms. The first-order valence-corrected chi connectivity index (χ1v) is 16.0. The highest BCUT2D eigenvalue weighted by Crippen LogP contribution is 2.43. The molecule has 3 rings (SSSR count). The van der Waals surface area contributed by atoms with Gasteiger partial charge in [0, 0.05) is 43.3 Å². The van der Waals surface area contributed by atoms with E-state index >= 15 is 0 Å². The second-order valence-electron chi connectivity index (χ2n) is 10.2. The maximum atomic E-state index is 13.4. The van der Waals surface area contributed by atoms with Crippen molar-refractivity contribution in [2.45, 2.75) is 71.1 Å². The molecule has 4 nitrogen and oxygen atoms in total. The van der Waals surface area contributed by atoms with E-state index in [1.54, 1.807) is 48.5 Å². The van der Waals surface area contributed by atoms with Gasteiger partial charge in [0.05, 0.1) is 6.61 Å². The van der Waals surface area contributed by atoms with E-state index in [-0.39, 0.29) is 19.1 Å². The Balaban J connectivity index is 1.82. The minimum Gasteiger partial charge on any atom is -0.490 e. The molecule has 0 atom stereocenters. The number of carbonyl (C=O) groups excluding carboxylic acids is 1. The zero-order valence-electron chi connectivity index (χ0n) is 23.6. The summed E-state index contributed by atoms with van der Waals surface area (Å²) in [6, 6.07) is 13.8. The van der Waals surface area contributed by atoms with E-state index in [0.717, 1.165) is 12.8 Å². The van der Waals surface area contributed by atoms with Gasteiger partial charge >= 0.3 is 0 Å². The van der Waals surface area contributed by atoms with Crippen LogP contribution in [0.15, 0.2) is 48.5 Å². The van der Waals surface area contributed by atoms with E-state index in [0.29, 0.717) is 60.2 Å². The minimum atomic E-state index is -0.196. The Labute approximate surface area is 264 Å². The first-order chi connectivity index (χ1) is 19.8. The van der Waals surface area contributed by atoms with Crippen molar-refractivity contribution in [1.29, 1.82) is 0 Å². The lowest BCUT2D eigenvalue weighted by atomic mass is 9.94. The summed E-state index contributed by atoms with van der Waals surface area (Å²) >= 11 is 25.3. The summed E-state index contributed by atoms with van der Waals surface area (Å²) in [5.74, 6) is 0.264. The van der Waals surface area contributed by atoms with Gasteiger partial charge < -0.3 is 15.2 Å². The Hall–Kier alpha value is -1.95. The summed E-state index contributed by atoms with van der Waals surface area (Å²) in [5, 5.41) is 14.4. The molecule has 1 amide bonds. The first kappa shape index (κ1) is 33.6. The third kappa shape index (κ3) is 11.0. The van der Waals surface area contributed by atoms with E-state index in [1.807, 2.05) is 0 Å². The fourth-order valence-corrected chi connectivity index (χ4v) is 5.88. The Kier molecular flexibility index (Phi) is 14.6. The van der Waals surface area contributed by atoms with Crippen LogP contribution in [0.4, 0.5) is 0 Å². The zero-order chi connectivity index (χ0) is 29.6. The number of benzene rings is 3. The molecule has 2 N–H and O–H groups in total. The molecule has 0 radical (unpaired) electrons. The van der Waals surface area contributed by atoms with E-state index < -0.39 is 0 Å². The van der Waals surface area contributed by atoms with E-state index in [2.05, 4.69) is 12.2 Å². The molecule has 0 aliphatic rings. The molecule has 0 saturated carbocycles. The summed E-state index contributed by atoms with van der Waals surface area (Å²) in [6.45, 7) is 2.69. The van der Waals surface area contributed by atoms with Crippen LogP contribution in [0.5, 0.6) is 5.75 Å². The third-order valence-electron chi connectivity index (χ3n) is 6.85. The predicted molar refractivity (Wildman–Crippen MR) is 174 cm³/mol. The van der Waals surface area contributed by atoms with Gasteiger partial charge in [-0.1, -0.05) is 111 Å². The van der Waals surface area contributed by atoms with Crippen LogP contribution in [-0.4, -0.2) is 30.8 Å². The SMILES string of the molecule is CCCCCCCCCCCCNC(=O)c1cc(-c2cc(Cl)cc(Cl)c2)c(OCCO)c(-c2cc(Cl)cc(Cl)c2)c1. The van der Waals surface area contributed by atoms with Crippen molar-refractivity contribution in [3.8, 4) is 28.0 Å². The number of aliphatic hydroxyl groups is 1. The number of hydrogen-bond donors (Lipinski definition) is 2. The average molecular weight is 639 g/mol. The van der Waals surface area contributed by atoms with Crippen LogP contribution in [0, 0.1) is 0 Å². The fourth-order valence-electron chi connectivity index (χ4n) is 4.83. The van der Waals surface area contributed by atoms with Gasteiger partial charge in [0.1, 0.15) is 12.4 Å². The van der Waals surface area contributed by atoms with Crippen LogP contribution in [0.25, 0.3) is 22.3 Å². The standard InChI is InChI=1S/C33H39Cl4NO3/c1-2-3-4-5-6-7-8-9-10-11-12-38-33(40)25-19-30(23-15-26(34)21-27(35)16-23)32(41-14-13-39)31(20-25)24-17-28(36)22-29(37)18-24/h15-22,39H,2-14H2,1H3,(H,38,40). The number of hydrogen-bond acceptors (Lipinski definition) is 3. The molecule has 3 aromatic rings. The maximum absolute atomic E-state index is 13.4. The van der Waals surface area contributed by atoms with Crippen LogP contribution in [-0.2, 0) is 0 Å². The van der Waals surface area contributed by atoms with E-state index in [9.17, 15) is 9.90 Å². The molecule has 0 aromatic heterocycles. The lowest BCUT2D eigenvalue weighted by molar-refractivity contribution is 0.0953. The summed E-state index contributed by atoms with van der Waals surface area (Å²) < 4.78 is 6.04. The second kappa shape index (κ2) is 17.9. The Morgan fingerprint density at radius 1 is 0.683 bits per heavy atom. The number of ether oxygens (including phenoxy) is 1. The van der Waals surface area contributed by atoms with E-state index in [4.69, 9.17) is 51.1 Å². The molecule has 0 heterocycles. The largest absolute Gasteiger partial charge is 0.490 e. The monoisotopic (exact) mass is 637 g/mol. The molecule has 0 saturated heterocycles. The van der Waals surface area contributed by atoms with Crippen LogP contribution in [0.1, 0.15) is 81.5 Å². The van der Waals surface area contributed by atoms with Gasteiger partial charge in [-0.2, -0.15) is 0 Å². The Bertz CT molecular complexity index is 1170. The quantitative estimate of drug-likeness (QED) is 0.145. The van der Waals surface area contributed by atoms with Crippen LogP contribution in [0.3, 0.4) is 0 Å². The number of aliphatic hydroxyl groups excluding tert-OH is 1. The molecule has 0 fully saturated rings. The van der Waals surface area contributed by atoms with Crippen molar-refractivity contribution < 1.29 is 14.6 Å². The Morgan fingerprint density at radius 3 is 1.56 bits per heavy atom. The van der Waals surface area contributed by atoms with Crippen LogP contribution < -0.4 is 10.1 Å². The second-order valence-corrected chi connectivity index (χ2v) is 12.0. The number of amides is 1. The summed E-state index contributed by atoms with van der Waals surface area (Å²) in [6.07, 6.45) is 12.3. The molecular weight excluding hydrogens is 600 g/mol. The highest BCUT2D eigenvalue weighted by Gasteiger charge is 2.20. The van der Waals surface area contributed by atoms with Crippen molar-refractivity contribution in [1.82, 2.24) is 5.32 Å². The summed E-state index contributed by atoms with van der Waals surface area (Å²) in [4.78, 5) is 13.4. The molecule has 0 bridgehead atoms. The third-order valence-corrected chi connectivity index (χ3v) is 7.72. The van der Waals surface area contributed by atoms with Gasteiger partial charge in [0.15, 0.2) is 0 Å². The fraction of sp³-hybridized carbons (Fsp3) is 0.424. The van der Waals surface area contributed by atoms with Crippen LogP contribution >= 0.6 is 46.4 Å². The number of carbonyl (C=O) groups is 1. The molecule has 0 spiro atoms. The van der Waals surface area contributed by atoms with Crippen LogP contribution in [0.2, 0.25) is 20.1 Å². The summed E-state index contributed by atoms with van der Waals surface area (Å²) in [7, 11) is 0. The summed E-state index contributed by atoms with van der Waals surface area (Å²) in [5.41, 5.74) is 3.02. The molecule has 0 unspecified atom stereocenters. The average Bonchev–Trinajstić information content (AvgIpc) is 2.93. The lowest BCUT2D eigenvalue weighted by Gasteiger charge is -2.19. The van der Waals surface area contributed by atoms with Gasteiger partial charge in [-0.15, -0.1) is 0 Å². The highest BCUT2D eigenvalue weighted by molar-refractivity contribution is 6.35. The van der Waals surface area contributed by atoms with Gasteiger partial charge in [-0.3, -0.25) is 4.79 Å². The molecule has 41 heavy (non-hydrogen) atoms. The number of nitrogens with one attached hydrogen (secondary N) is 1. The number of unbranched alkanes of at least 4 members (excludes halogenated alkanes) is 9.